The molecule has 3 rings (SSSR count). The Morgan fingerprint density at radius 3 is 0.679 bits per heavy atom. The smallest absolute Gasteiger partial charge is 0.872 e. The van der Waals surface area contributed by atoms with E-state index < -0.39 is 68.0 Å². The number of nitrogens with zero attached hydrogens (tertiary/aromatic N) is 2. The van der Waals surface area contributed by atoms with Gasteiger partial charge in [0.1, 0.15) is 0 Å². The molecule has 0 aliphatic rings. The summed E-state index contributed by atoms with van der Waals surface area (Å²) in [7, 11) is 0. The molecule has 0 aliphatic heterocycles. The molecule has 53 heavy (non-hydrogen) atoms. The number of carboxylic acids is 7. The summed E-state index contributed by atoms with van der Waals surface area (Å²) in [5, 5.41) is 90.9. The van der Waals surface area contributed by atoms with E-state index >= 15 is 0 Å². The number of carbonyl (C=O) groups is 7. The second-order valence-electron chi connectivity index (χ2n) is 9.48. The van der Waals surface area contributed by atoms with Crippen LogP contribution in [-0.2, 0) is 19.2 Å². The maximum Gasteiger partial charge on any atom is 1.00 e. The van der Waals surface area contributed by atoms with Gasteiger partial charge in [-0.3, -0.25) is 29.0 Å². The quantitative estimate of drug-likeness (QED) is 0.0748. The normalized spacial score (nSPS) is 9.25. The van der Waals surface area contributed by atoms with Gasteiger partial charge >= 0.3 is 130 Å². The zero-order valence-corrected chi connectivity index (χ0v) is 34.8. The Bertz CT molecular complexity index is 1390. The first-order chi connectivity index (χ1) is 23.3. The first kappa shape index (κ1) is 56.0. The van der Waals surface area contributed by atoms with Crippen LogP contribution in [0, 0.1) is 0 Å². The van der Waals surface area contributed by atoms with Gasteiger partial charge in [0.25, 0.3) is 0 Å². The van der Waals surface area contributed by atoms with Crippen LogP contribution in [-0.4, -0.2) is 127 Å². The van der Waals surface area contributed by atoms with Gasteiger partial charge < -0.3 is 51.1 Å². The molecule has 0 saturated carbocycles. The molecule has 22 heteroatoms. The predicted octanol–water partition coefficient (Wildman–Crippen LogP) is -9.68. The Morgan fingerprint density at radius 1 is 0.377 bits per heavy atom. The molecule has 19 nitrogen and oxygen atoms in total. The molecule has 0 unspecified atom stereocenters. The topological polar surface area (TPSA) is 337 Å². The van der Waals surface area contributed by atoms with E-state index in [-0.39, 0.29) is 136 Å². The van der Waals surface area contributed by atoms with Gasteiger partial charge in [-0.1, -0.05) is 36.4 Å². The van der Waals surface area contributed by atoms with Crippen molar-refractivity contribution in [3.8, 4) is 17.2 Å². The molecule has 0 aromatic heterocycles. The fraction of sp³-hybridized carbons (Fsp3) is 0.194. The van der Waals surface area contributed by atoms with E-state index in [4.69, 9.17) is 35.7 Å². The molecule has 0 saturated heterocycles. The minimum Gasteiger partial charge on any atom is -0.872 e. The maximum atomic E-state index is 10.6. The van der Waals surface area contributed by atoms with Gasteiger partial charge in [0.15, 0.2) is 0 Å². The molecule has 0 amide bonds. The molecule has 0 spiro atoms. The molecule has 7 N–H and O–H groups in total. The summed E-state index contributed by atoms with van der Waals surface area (Å²) in [6, 6.07) is 15.0. The minimum absolute atomic E-state index is 0. The fourth-order valence-corrected chi connectivity index (χ4v) is 3.27. The summed E-state index contributed by atoms with van der Waals surface area (Å²) in [5.74, 6) is -8.48. The van der Waals surface area contributed by atoms with Crippen LogP contribution in [0.1, 0.15) is 31.1 Å². The van der Waals surface area contributed by atoms with Crippen LogP contribution in [0.4, 0.5) is 0 Å². The first-order valence-corrected chi connectivity index (χ1v) is 13.6. The van der Waals surface area contributed by atoms with Gasteiger partial charge in [0, 0.05) is 13.1 Å². The monoisotopic (exact) mass is 772 g/mol. The molecule has 0 aliphatic carbocycles. The standard InChI is InChI=1S/C10H16N2O8.3C7H6O3.3Na/c13-7(14)3-11(4-8(15)16)1-2-12(5-9(17)18)6-10(19)20;3*8-6-3-1-5(2-4-6)7(9)10;;;/h1-6H2,(H,13,14)(H,15,16)(H,17,18)(H,19,20);3*1-4,8H,(H,9,10);;;/q;;;;3*+1/p-3. The van der Waals surface area contributed by atoms with Gasteiger partial charge in [-0.25, -0.2) is 14.4 Å². The number of carboxylic acid groups (broad SMARTS) is 7. The SMILES string of the molecule is O=C(O)CN(CCN(CC(=O)O)CC(=O)O)CC(=O)O.O=C(O)c1ccc([O-])cc1.O=C(O)c1ccc([O-])cc1.O=C(O)c1ccc([O-])cc1.[Na+].[Na+].[Na+]. The summed E-state index contributed by atoms with van der Waals surface area (Å²) in [5.41, 5.74) is 0.416. The molecule has 0 heterocycles. The van der Waals surface area contributed by atoms with Crippen molar-refractivity contribution >= 4 is 41.8 Å². The summed E-state index contributed by atoms with van der Waals surface area (Å²) in [6.45, 7) is -2.25. The summed E-state index contributed by atoms with van der Waals surface area (Å²) >= 11 is 0. The van der Waals surface area contributed by atoms with Crippen LogP contribution in [0.15, 0.2) is 72.8 Å². The first-order valence-electron chi connectivity index (χ1n) is 13.6. The van der Waals surface area contributed by atoms with E-state index in [1.54, 1.807) is 0 Å². The van der Waals surface area contributed by atoms with Gasteiger partial charge in [-0.15, -0.1) is 17.2 Å². The number of aliphatic carboxylic acids is 4. The third-order valence-electron chi connectivity index (χ3n) is 5.47. The number of rotatable bonds is 14. The van der Waals surface area contributed by atoms with Crippen LogP contribution in [0.3, 0.4) is 0 Å². The number of hydrogen-bond acceptors (Lipinski definition) is 12. The summed E-state index contributed by atoms with van der Waals surface area (Å²) in [4.78, 5) is 75.0. The van der Waals surface area contributed by atoms with Gasteiger partial charge in [0.2, 0.25) is 0 Å². The molecular formula is C31H31N2Na3O17. The van der Waals surface area contributed by atoms with E-state index in [9.17, 15) is 48.9 Å². The van der Waals surface area contributed by atoms with Crippen molar-refractivity contribution in [3.05, 3.63) is 89.5 Å². The van der Waals surface area contributed by atoms with Gasteiger partial charge in [0.05, 0.1) is 42.9 Å². The third-order valence-corrected chi connectivity index (χ3v) is 5.47. The predicted molar refractivity (Wildman–Crippen MR) is 162 cm³/mol. The van der Waals surface area contributed by atoms with E-state index in [0.29, 0.717) is 0 Å². The van der Waals surface area contributed by atoms with E-state index in [2.05, 4.69) is 0 Å². The second kappa shape index (κ2) is 30.7. The van der Waals surface area contributed by atoms with Gasteiger partial charge in [-0.2, -0.15) is 0 Å². The Hall–Kier alpha value is -3.73. The Balaban J connectivity index is -0.000000312. The third kappa shape index (κ3) is 29.4. The van der Waals surface area contributed by atoms with E-state index in [1.165, 1.54) is 72.8 Å². The molecular weight excluding hydrogens is 741 g/mol. The minimum atomic E-state index is -1.23. The number of benzene rings is 3. The zero-order chi connectivity index (χ0) is 38.4. The Morgan fingerprint density at radius 2 is 0.547 bits per heavy atom. The maximum absolute atomic E-state index is 10.6. The largest absolute Gasteiger partial charge is 1.00 e. The van der Waals surface area contributed by atoms with E-state index in [1.807, 2.05) is 0 Å². The van der Waals surface area contributed by atoms with Crippen molar-refractivity contribution in [2.75, 3.05) is 39.3 Å². The van der Waals surface area contributed by atoms with Crippen molar-refractivity contribution in [2.45, 2.75) is 0 Å². The summed E-state index contributed by atoms with van der Waals surface area (Å²) in [6.07, 6.45) is 0. The van der Waals surface area contributed by atoms with Crippen molar-refractivity contribution in [2.24, 2.45) is 0 Å². The average molecular weight is 773 g/mol. The molecule has 3 aromatic rings. The van der Waals surface area contributed by atoms with Gasteiger partial charge in [-0.05, 0) is 36.4 Å². The number of aromatic carboxylic acids is 3. The van der Waals surface area contributed by atoms with Crippen LogP contribution < -0.4 is 104 Å². The van der Waals surface area contributed by atoms with Crippen LogP contribution in [0.5, 0.6) is 17.2 Å². The molecule has 0 atom stereocenters. The zero-order valence-electron chi connectivity index (χ0n) is 28.8. The summed E-state index contributed by atoms with van der Waals surface area (Å²) < 4.78 is 0. The molecule has 270 valence electrons. The Kier molecular flexibility index (Phi) is 32.5. The van der Waals surface area contributed by atoms with Crippen molar-refractivity contribution < 1.29 is 173 Å². The van der Waals surface area contributed by atoms with Crippen LogP contribution >= 0.6 is 0 Å². The second-order valence-corrected chi connectivity index (χ2v) is 9.48. The molecule has 0 fully saturated rings. The van der Waals surface area contributed by atoms with Crippen LogP contribution in [0.2, 0.25) is 0 Å². The van der Waals surface area contributed by atoms with Crippen molar-refractivity contribution in [1.82, 2.24) is 9.80 Å². The molecule has 0 radical (unpaired) electrons. The fourth-order valence-electron chi connectivity index (χ4n) is 3.27. The molecule has 3 aromatic carbocycles. The number of hydrogen-bond donors (Lipinski definition) is 7. The molecule has 0 bridgehead atoms. The van der Waals surface area contributed by atoms with E-state index in [0.717, 1.165) is 9.80 Å². The van der Waals surface area contributed by atoms with Crippen molar-refractivity contribution in [1.29, 1.82) is 0 Å². The van der Waals surface area contributed by atoms with Crippen molar-refractivity contribution in [3.63, 3.8) is 0 Å². The Labute approximate surface area is 367 Å². The van der Waals surface area contributed by atoms with Crippen LogP contribution in [0.25, 0.3) is 0 Å². The average Bonchev–Trinajstić information content (AvgIpc) is 3.00.